The summed E-state index contributed by atoms with van der Waals surface area (Å²) in [5.74, 6) is 1.65. The van der Waals surface area contributed by atoms with Crippen LogP contribution in [0.3, 0.4) is 0 Å². The van der Waals surface area contributed by atoms with Crippen LogP contribution in [-0.4, -0.2) is 25.7 Å². The van der Waals surface area contributed by atoms with Crippen molar-refractivity contribution in [2.45, 2.75) is 66.2 Å². The Balaban J connectivity index is 2.03. The fourth-order valence-corrected chi connectivity index (χ4v) is 3.13. The Kier molecular flexibility index (Phi) is 7.57. The highest BCUT2D eigenvalue weighted by molar-refractivity contribution is 5.69. The summed E-state index contributed by atoms with van der Waals surface area (Å²) in [6.07, 6.45) is 6.88. The molecule has 1 aliphatic rings. The van der Waals surface area contributed by atoms with Crippen LogP contribution in [0.2, 0.25) is 0 Å². The highest BCUT2D eigenvalue weighted by atomic mass is 16.5. The predicted octanol–water partition coefficient (Wildman–Crippen LogP) is 3.77. The summed E-state index contributed by atoms with van der Waals surface area (Å²) in [5, 5.41) is 3.50. The quantitative estimate of drug-likeness (QED) is 0.571. The average molecular weight is 283 g/mol. The molecule has 1 rings (SSSR count). The van der Waals surface area contributed by atoms with Gasteiger partial charge in [-0.05, 0) is 69.4 Å². The van der Waals surface area contributed by atoms with Gasteiger partial charge in [0.05, 0.1) is 6.61 Å². The first-order chi connectivity index (χ1) is 9.43. The van der Waals surface area contributed by atoms with Gasteiger partial charge in [-0.3, -0.25) is 4.79 Å². The van der Waals surface area contributed by atoms with Crippen molar-refractivity contribution in [3.8, 4) is 0 Å². The van der Waals surface area contributed by atoms with Crippen molar-refractivity contribution in [3.63, 3.8) is 0 Å². The molecule has 0 heterocycles. The van der Waals surface area contributed by atoms with Gasteiger partial charge in [-0.25, -0.2) is 0 Å². The van der Waals surface area contributed by atoms with E-state index in [2.05, 4.69) is 26.1 Å². The lowest BCUT2D eigenvalue weighted by atomic mass is 9.70. The van der Waals surface area contributed by atoms with E-state index >= 15 is 0 Å². The zero-order valence-electron chi connectivity index (χ0n) is 13.8. The summed E-state index contributed by atoms with van der Waals surface area (Å²) >= 11 is 0. The number of esters is 1. The molecule has 0 amide bonds. The molecule has 1 fully saturated rings. The number of nitrogens with one attached hydrogen (secondary N) is 1. The third-order valence-electron chi connectivity index (χ3n) is 4.54. The number of ether oxygens (including phenoxy) is 1. The monoisotopic (exact) mass is 283 g/mol. The molecule has 1 aliphatic carbocycles. The highest BCUT2D eigenvalue weighted by Gasteiger charge is 2.29. The predicted molar refractivity (Wildman–Crippen MR) is 83.6 cm³/mol. The topological polar surface area (TPSA) is 38.3 Å². The van der Waals surface area contributed by atoms with Crippen LogP contribution in [0.15, 0.2) is 0 Å². The first-order valence-corrected chi connectivity index (χ1v) is 8.29. The third-order valence-corrected chi connectivity index (χ3v) is 4.54. The minimum absolute atomic E-state index is 0.0695. The van der Waals surface area contributed by atoms with Crippen LogP contribution in [0.5, 0.6) is 0 Å². The first kappa shape index (κ1) is 17.5. The summed E-state index contributed by atoms with van der Waals surface area (Å²) in [6, 6.07) is 0. The van der Waals surface area contributed by atoms with Crippen molar-refractivity contribution >= 4 is 5.97 Å². The van der Waals surface area contributed by atoms with Crippen molar-refractivity contribution in [2.75, 3.05) is 19.7 Å². The Bertz CT molecular complexity index is 275. The van der Waals surface area contributed by atoms with E-state index in [1.54, 1.807) is 0 Å². The standard InChI is InChI=1S/C17H33NO2/c1-5-20-16(19)7-6-12-18-13-14-8-10-15(11-9-14)17(2,3)4/h14-15,18H,5-13H2,1-4H3. The smallest absolute Gasteiger partial charge is 0.305 e. The lowest BCUT2D eigenvalue weighted by molar-refractivity contribution is -0.143. The summed E-state index contributed by atoms with van der Waals surface area (Å²) < 4.78 is 4.92. The summed E-state index contributed by atoms with van der Waals surface area (Å²) in [4.78, 5) is 11.2. The van der Waals surface area contributed by atoms with Crippen LogP contribution in [0, 0.1) is 17.3 Å². The molecule has 20 heavy (non-hydrogen) atoms. The SMILES string of the molecule is CCOC(=O)CCCNCC1CCC(C(C)(C)C)CC1. The Morgan fingerprint density at radius 3 is 2.40 bits per heavy atom. The maximum Gasteiger partial charge on any atom is 0.305 e. The molecule has 0 atom stereocenters. The molecule has 0 aliphatic heterocycles. The number of hydrogen-bond acceptors (Lipinski definition) is 3. The van der Waals surface area contributed by atoms with E-state index in [1.807, 2.05) is 6.92 Å². The van der Waals surface area contributed by atoms with E-state index in [0.29, 0.717) is 18.4 Å². The fourth-order valence-electron chi connectivity index (χ4n) is 3.13. The molecule has 1 saturated carbocycles. The highest BCUT2D eigenvalue weighted by Crippen LogP contribution is 2.39. The van der Waals surface area contributed by atoms with Crippen LogP contribution < -0.4 is 5.32 Å². The van der Waals surface area contributed by atoms with Crippen LogP contribution in [0.4, 0.5) is 0 Å². The van der Waals surface area contributed by atoms with Gasteiger partial charge in [0.25, 0.3) is 0 Å². The van der Waals surface area contributed by atoms with Gasteiger partial charge in [-0.15, -0.1) is 0 Å². The Hall–Kier alpha value is -0.570. The molecule has 0 bridgehead atoms. The van der Waals surface area contributed by atoms with Crippen molar-refractivity contribution in [1.29, 1.82) is 0 Å². The molecule has 3 heteroatoms. The van der Waals surface area contributed by atoms with E-state index in [9.17, 15) is 4.79 Å². The molecular weight excluding hydrogens is 250 g/mol. The molecule has 118 valence electrons. The van der Waals surface area contributed by atoms with Crippen molar-refractivity contribution in [2.24, 2.45) is 17.3 Å². The van der Waals surface area contributed by atoms with Gasteiger partial charge in [-0.1, -0.05) is 20.8 Å². The van der Waals surface area contributed by atoms with E-state index in [-0.39, 0.29) is 5.97 Å². The normalized spacial score (nSPS) is 23.6. The van der Waals surface area contributed by atoms with Gasteiger partial charge in [-0.2, -0.15) is 0 Å². The van der Waals surface area contributed by atoms with Gasteiger partial charge in [0.15, 0.2) is 0 Å². The molecule has 0 aromatic rings. The summed E-state index contributed by atoms with van der Waals surface area (Å²) in [7, 11) is 0. The minimum atomic E-state index is -0.0695. The van der Waals surface area contributed by atoms with Crippen LogP contribution in [-0.2, 0) is 9.53 Å². The maximum atomic E-state index is 11.2. The third kappa shape index (κ3) is 6.74. The Labute approximate surface area is 124 Å². The Morgan fingerprint density at radius 2 is 1.85 bits per heavy atom. The summed E-state index contributed by atoms with van der Waals surface area (Å²) in [6.45, 7) is 11.5. The second kappa shape index (κ2) is 8.66. The maximum absolute atomic E-state index is 11.2. The lowest BCUT2D eigenvalue weighted by Crippen LogP contribution is -2.31. The van der Waals surface area contributed by atoms with E-state index < -0.39 is 0 Å². The summed E-state index contributed by atoms with van der Waals surface area (Å²) in [5.41, 5.74) is 0.470. The molecule has 0 saturated heterocycles. The largest absolute Gasteiger partial charge is 0.466 e. The number of rotatable bonds is 7. The molecule has 0 aromatic heterocycles. The van der Waals surface area contributed by atoms with Crippen LogP contribution in [0.1, 0.15) is 66.2 Å². The minimum Gasteiger partial charge on any atom is -0.466 e. The molecule has 0 spiro atoms. The van der Waals surface area contributed by atoms with Gasteiger partial charge in [0.1, 0.15) is 0 Å². The molecule has 3 nitrogen and oxygen atoms in total. The number of carbonyl (C=O) groups excluding carboxylic acids is 1. The first-order valence-electron chi connectivity index (χ1n) is 8.29. The van der Waals surface area contributed by atoms with E-state index in [1.165, 1.54) is 25.7 Å². The van der Waals surface area contributed by atoms with Crippen molar-refractivity contribution in [3.05, 3.63) is 0 Å². The number of hydrogen-bond donors (Lipinski definition) is 1. The van der Waals surface area contributed by atoms with Crippen molar-refractivity contribution < 1.29 is 9.53 Å². The molecular formula is C17H33NO2. The van der Waals surface area contributed by atoms with Gasteiger partial charge in [0, 0.05) is 6.42 Å². The fraction of sp³-hybridized carbons (Fsp3) is 0.941. The molecule has 0 unspecified atom stereocenters. The van der Waals surface area contributed by atoms with Gasteiger partial charge < -0.3 is 10.1 Å². The van der Waals surface area contributed by atoms with E-state index in [0.717, 1.165) is 31.3 Å². The molecule has 1 N–H and O–H groups in total. The zero-order valence-corrected chi connectivity index (χ0v) is 13.8. The Morgan fingerprint density at radius 1 is 1.20 bits per heavy atom. The van der Waals surface area contributed by atoms with E-state index in [4.69, 9.17) is 4.74 Å². The van der Waals surface area contributed by atoms with Gasteiger partial charge >= 0.3 is 5.97 Å². The van der Waals surface area contributed by atoms with Gasteiger partial charge in [0.2, 0.25) is 0 Å². The second-order valence-electron chi connectivity index (χ2n) is 7.20. The second-order valence-corrected chi connectivity index (χ2v) is 7.20. The molecule has 0 radical (unpaired) electrons. The average Bonchev–Trinajstić information content (AvgIpc) is 2.38. The van der Waals surface area contributed by atoms with Crippen molar-refractivity contribution in [1.82, 2.24) is 5.32 Å². The zero-order chi connectivity index (χ0) is 15.0. The van der Waals surface area contributed by atoms with Crippen LogP contribution in [0.25, 0.3) is 0 Å². The van der Waals surface area contributed by atoms with Crippen LogP contribution >= 0.6 is 0 Å². The number of carbonyl (C=O) groups is 1. The lowest BCUT2D eigenvalue weighted by Gasteiger charge is -2.37. The molecule has 0 aromatic carbocycles.